The van der Waals surface area contributed by atoms with E-state index in [-0.39, 0.29) is 0 Å². The largest absolute Gasteiger partial charge is 0.256 e. The molecule has 0 saturated heterocycles. The van der Waals surface area contributed by atoms with E-state index in [0.29, 0.717) is 0 Å². The Morgan fingerprint density at radius 3 is 2.38 bits per heavy atom. The van der Waals surface area contributed by atoms with Gasteiger partial charge in [0.1, 0.15) is 0 Å². The Bertz CT molecular complexity index is 1190. The maximum Gasteiger partial charge on any atom is 0.0810 e. The molecule has 2 aromatic heterocycles. The van der Waals surface area contributed by atoms with Gasteiger partial charge in [0.05, 0.1) is 16.7 Å². The van der Waals surface area contributed by atoms with Crippen molar-refractivity contribution in [3.05, 3.63) is 85.1 Å². The first-order valence-corrected chi connectivity index (χ1v) is 8.03. The highest BCUT2D eigenvalue weighted by Crippen LogP contribution is 2.36. The lowest BCUT2D eigenvalue weighted by Crippen LogP contribution is -1.91. The van der Waals surface area contributed by atoms with Crippen LogP contribution in [0.15, 0.2) is 85.1 Å². The van der Waals surface area contributed by atoms with E-state index in [0.717, 1.165) is 33.1 Å². The second-order valence-electron chi connectivity index (χ2n) is 5.91. The van der Waals surface area contributed by atoms with Gasteiger partial charge in [-0.1, -0.05) is 66.7 Å². The van der Waals surface area contributed by atoms with Crippen LogP contribution in [0.2, 0.25) is 0 Å². The maximum atomic E-state index is 4.98. The fourth-order valence-electron chi connectivity index (χ4n) is 3.39. The molecule has 0 aliphatic heterocycles. The lowest BCUT2D eigenvalue weighted by Gasteiger charge is -2.12. The van der Waals surface area contributed by atoms with Gasteiger partial charge in [0, 0.05) is 27.9 Å². The Kier molecular flexibility index (Phi) is 2.83. The third-order valence-corrected chi connectivity index (χ3v) is 4.49. The normalized spacial score (nSPS) is 11.3. The van der Waals surface area contributed by atoms with E-state index in [9.17, 15) is 0 Å². The van der Waals surface area contributed by atoms with Crippen LogP contribution in [0.3, 0.4) is 0 Å². The van der Waals surface area contributed by atoms with Crippen LogP contribution in [-0.4, -0.2) is 9.97 Å². The van der Waals surface area contributed by atoms with E-state index in [1.165, 1.54) is 10.8 Å². The zero-order valence-electron chi connectivity index (χ0n) is 13.0. The summed E-state index contributed by atoms with van der Waals surface area (Å²) in [6.45, 7) is 0. The molecule has 0 unspecified atom stereocenters. The van der Waals surface area contributed by atoms with Gasteiger partial charge in [-0.25, -0.2) is 4.98 Å². The van der Waals surface area contributed by atoms with Crippen LogP contribution in [0, 0.1) is 0 Å². The summed E-state index contributed by atoms with van der Waals surface area (Å²) in [5.74, 6) is 0. The minimum atomic E-state index is 0.994. The summed E-state index contributed by atoms with van der Waals surface area (Å²) in [5.41, 5.74) is 4.13. The van der Waals surface area contributed by atoms with Crippen LogP contribution in [0.1, 0.15) is 0 Å². The highest BCUT2D eigenvalue weighted by atomic mass is 14.7. The van der Waals surface area contributed by atoms with Crippen LogP contribution >= 0.6 is 0 Å². The van der Waals surface area contributed by atoms with Crippen molar-refractivity contribution in [1.29, 1.82) is 0 Å². The number of nitrogens with zero attached hydrogens (tertiary/aromatic N) is 2. The molecule has 0 saturated carbocycles. The summed E-state index contributed by atoms with van der Waals surface area (Å²) in [4.78, 5) is 9.65. The van der Waals surface area contributed by atoms with Gasteiger partial charge in [-0.15, -0.1) is 0 Å². The number of benzene rings is 3. The van der Waals surface area contributed by atoms with E-state index in [1.807, 2.05) is 24.4 Å². The average molecular weight is 306 g/mol. The molecule has 0 bridgehead atoms. The van der Waals surface area contributed by atoms with Gasteiger partial charge in [-0.2, -0.15) is 0 Å². The van der Waals surface area contributed by atoms with Crippen LogP contribution < -0.4 is 0 Å². The number of rotatable bonds is 1. The summed E-state index contributed by atoms with van der Waals surface area (Å²) in [6.07, 6.45) is 1.85. The standard InChI is InChI=1S/C22H14N2/c1-2-7-15(8-3-1)22-20-18(17-10-4-5-11-19(17)24-22)13-12-16-9-6-14-23-21(16)20/h1-14H. The Hall–Kier alpha value is -3.26. The summed E-state index contributed by atoms with van der Waals surface area (Å²) in [7, 11) is 0. The SMILES string of the molecule is c1ccc(-c2nc3ccccc3c3ccc4cccnc4c23)cc1. The second-order valence-corrected chi connectivity index (χ2v) is 5.91. The van der Waals surface area contributed by atoms with Crippen molar-refractivity contribution < 1.29 is 0 Å². The van der Waals surface area contributed by atoms with Gasteiger partial charge in [0.15, 0.2) is 0 Å². The fraction of sp³-hybridized carbons (Fsp3) is 0. The lowest BCUT2D eigenvalue weighted by molar-refractivity contribution is 1.40. The Balaban J connectivity index is 2.07. The second kappa shape index (κ2) is 5.14. The number of aromatic nitrogens is 2. The van der Waals surface area contributed by atoms with Gasteiger partial charge in [0.25, 0.3) is 0 Å². The first-order chi connectivity index (χ1) is 11.9. The molecule has 0 N–H and O–H groups in total. The quantitative estimate of drug-likeness (QED) is 0.376. The molecular formula is C22H14N2. The van der Waals surface area contributed by atoms with Crippen LogP contribution in [-0.2, 0) is 0 Å². The van der Waals surface area contributed by atoms with Crippen molar-refractivity contribution in [2.45, 2.75) is 0 Å². The molecule has 3 aromatic carbocycles. The molecule has 5 aromatic rings. The minimum Gasteiger partial charge on any atom is -0.256 e. The first-order valence-electron chi connectivity index (χ1n) is 8.03. The van der Waals surface area contributed by atoms with Gasteiger partial charge in [-0.05, 0) is 17.5 Å². The predicted molar refractivity (Wildman–Crippen MR) is 100.0 cm³/mol. The van der Waals surface area contributed by atoms with E-state index < -0.39 is 0 Å². The van der Waals surface area contributed by atoms with Crippen LogP contribution in [0.5, 0.6) is 0 Å². The number of fused-ring (bicyclic) bond motifs is 5. The zero-order valence-corrected chi connectivity index (χ0v) is 13.0. The van der Waals surface area contributed by atoms with Gasteiger partial charge in [0.2, 0.25) is 0 Å². The lowest BCUT2D eigenvalue weighted by atomic mass is 9.97. The monoisotopic (exact) mass is 306 g/mol. The third kappa shape index (κ3) is 1.90. The zero-order chi connectivity index (χ0) is 15.9. The molecule has 0 radical (unpaired) electrons. The van der Waals surface area contributed by atoms with E-state index in [4.69, 9.17) is 4.98 Å². The summed E-state index contributed by atoms with van der Waals surface area (Å²) < 4.78 is 0. The van der Waals surface area contributed by atoms with Gasteiger partial charge >= 0.3 is 0 Å². The molecule has 112 valence electrons. The molecule has 2 heteroatoms. The summed E-state index contributed by atoms with van der Waals surface area (Å²) in [5, 5.41) is 4.63. The Morgan fingerprint density at radius 2 is 1.46 bits per heavy atom. The smallest absolute Gasteiger partial charge is 0.0810 e. The van der Waals surface area contributed by atoms with Crippen molar-refractivity contribution in [2.24, 2.45) is 0 Å². The van der Waals surface area contributed by atoms with Crippen molar-refractivity contribution in [2.75, 3.05) is 0 Å². The Morgan fingerprint density at radius 1 is 0.625 bits per heavy atom. The number of hydrogen-bond acceptors (Lipinski definition) is 2. The molecule has 5 rings (SSSR count). The molecule has 0 atom stereocenters. The first kappa shape index (κ1) is 13.2. The highest BCUT2D eigenvalue weighted by Gasteiger charge is 2.13. The molecule has 0 fully saturated rings. The number of pyridine rings is 2. The van der Waals surface area contributed by atoms with Crippen molar-refractivity contribution >= 4 is 32.6 Å². The van der Waals surface area contributed by atoms with Gasteiger partial charge < -0.3 is 0 Å². The van der Waals surface area contributed by atoms with E-state index in [1.54, 1.807) is 0 Å². The Labute approximate surface area is 139 Å². The molecule has 2 nitrogen and oxygen atoms in total. The summed E-state index contributed by atoms with van der Waals surface area (Å²) in [6, 6.07) is 27.1. The van der Waals surface area contributed by atoms with Crippen LogP contribution in [0.4, 0.5) is 0 Å². The van der Waals surface area contributed by atoms with Crippen molar-refractivity contribution in [1.82, 2.24) is 9.97 Å². The summed E-state index contributed by atoms with van der Waals surface area (Å²) >= 11 is 0. The highest BCUT2D eigenvalue weighted by molar-refractivity contribution is 6.19. The van der Waals surface area contributed by atoms with E-state index >= 15 is 0 Å². The fourth-order valence-corrected chi connectivity index (χ4v) is 3.39. The van der Waals surface area contributed by atoms with Crippen LogP contribution in [0.25, 0.3) is 43.8 Å². The topological polar surface area (TPSA) is 25.8 Å². The molecule has 0 aliphatic carbocycles. The molecular weight excluding hydrogens is 292 g/mol. The maximum absolute atomic E-state index is 4.98. The molecule has 0 aliphatic rings. The van der Waals surface area contributed by atoms with E-state index in [2.05, 4.69) is 65.6 Å². The van der Waals surface area contributed by atoms with Crippen molar-refractivity contribution in [3.63, 3.8) is 0 Å². The predicted octanol–water partition coefficient (Wildman–Crippen LogP) is 5.60. The molecule has 0 spiro atoms. The number of hydrogen-bond donors (Lipinski definition) is 0. The van der Waals surface area contributed by atoms with Crippen molar-refractivity contribution in [3.8, 4) is 11.3 Å². The molecule has 2 heterocycles. The average Bonchev–Trinajstić information content (AvgIpc) is 2.67. The van der Waals surface area contributed by atoms with Gasteiger partial charge in [-0.3, -0.25) is 4.98 Å². The third-order valence-electron chi connectivity index (χ3n) is 4.49. The minimum absolute atomic E-state index is 0.994. The molecule has 0 amide bonds. The molecule has 24 heavy (non-hydrogen) atoms. The number of para-hydroxylation sites is 1.